The molecule has 0 atom stereocenters. The highest BCUT2D eigenvalue weighted by atomic mass is 32.2. The third-order valence-electron chi connectivity index (χ3n) is 4.66. The van der Waals surface area contributed by atoms with E-state index >= 15 is 0 Å². The van der Waals surface area contributed by atoms with E-state index in [-0.39, 0.29) is 47.6 Å². The summed E-state index contributed by atoms with van der Waals surface area (Å²) in [6, 6.07) is 6.26. The summed E-state index contributed by atoms with van der Waals surface area (Å²) < 4.78 is 91.0. The highest BCUT2D eigenvalue weighted by Gasteiger charge is 2.33. The van der Waals surface area contributed by atoms with Crippen molar-refractivity contribution in [3.05, 3.63) is 59.7 Å². The van der Waals surface area contributed by atoms with Crippen LogP contribution >= 0.6 is 11.8 Å². The number of halogens is 5. The molecule has 0 aliphatic carbocycles. The van der Waals surface area contributed by atoms with Crippen molar-refractivity contribution < 1.29 is 35.2 Å². The first-order valence-corrected chi connectivity index (χ1v) is 11.4. The highest BCUT2D eigenvalue weighted by molar-refractivity contribution is 8.00. The van der Waals surface area contributed by atoms with Crippen LogP contribution in [0.3, 0.4) is 0 Å². The fraction of sp³-hybridized carbons (Fsp3) is 0.316. The summed E-state index contributed by atoms with van der Waals surface area (Å²) in [5, 5.41) is 0. The third kappa shape index (κ3) is 5.55. The number of thioether (sulfide) groups is 1. The summed E-state index contributed by atoms with van der Waals surface area (Å²) in [4.78, 5) is 13.6. The van der Waals surface area contributed by atoms with Crippen molar-refractivity contribution in [1.29, 1.82) is 0 Å². The van der Waals surface area contributed by atoms with Gasteiger partial charge in [0.05, 0.1) is 16.2 Å². The molecule has 0 saturated carbocycles. The molecule has 5 nitrogen and oxygen atoms in total. The van der Waals surface area contributed by atoms with E-state index in [9.17, 15) is 35.2 Å². The van der Waals surface area contributed by atoms with Gasteiger partial charge in [-0.3, -0.25) is 4.79 Å². The Balaban J connectivity index is 1.57. The van der Waals surface area contributed by atoms with Crippen molar-refractivity contribution >= 4 is 27.7 Å². The van der Waals surface area contributed by atoms with E-state index in [4.69, 9.17) is 0 Å². The monoisotopic (exact) mass is 480 g/mol. The molecule has 1 aliphatic rings. The van der Waals surface area contributed by atoms with Gasteiger partial charge in [0.15, 0.2) is 0 Å². The molecule has 12 heteroatoms. The lowest BCUT2D eigenvalue weighted by Crippen LogP contribution is -2.50. The average Bonchev–Trinajstić information content (AvgIpc) is 2.72. The number of carbonyl (C=O) groups excluding carboxylic acids is 1. The van der Waals surface area contributed by atoms with E-state index in [2.05, 4.69) is 0 Å². The summed E-state index contributed by atoms with van der Waals surface area (Å²) >= 11 is 0.907. The molecular formula is C19H17F5N2O3S2. The van der Waals surface area contributed by atoms with Crippen LogP contribution < -0.4 is 0 Å². The average molecular weight is 480 g/mol. The van der Waals surface area contributed by atoms with Gasteiger partial charge in [-0.05, 0) is 36.4 Å². The fourth-order valence-electron chi connectivity index (χ4n) is 2.97. The minimum atomic E-state index is -4.57. The molecule has 0 radical (unpaired) electrons. The van der Waals surface area contributed by atoms with Crippen LogP contribution in [0.25, 0.3) is 0 Å². The summed E-state index contributed by atoms with van der Waals surface area (Å²) in [5.41, 5.74) is -0.947. The molecule has 0 aromatic heterocycles. The first-order chi connectivity index (χ1) is 14.5. The number of alkyl halides is 3. The molecule has 0 bridgehead atoms. The maximum Gasteiger partial charge on any atom is 0.416 e. The normalized spacial score (nSPS) is 15.8. The molecule has 0 spiro atoms. The van der Waals surface area contributed by atoms with Crippen LogP contribution in [0.2, 0.25) is 0 Å². The van der Waals surface area contributed by atoms with Gasteiger partial charge in [-0.2, -0.15) is 17.5 Å². The molecule has 31 heavy (non-hydrogen) atoms. The maximum atomic E-state index is 13.7. The zero-order valence-electron chi connectivity index (χ0n) is 15.9. The van der Waals surface area contributed by atoms with Gasteiger partial charge in [0.1, 0.15) is 11.6 Å². The van der Waals surface area contributed by atoms with Gasteiger partial charge in [0.2, 0.25) is 15.9 Å². The zero-order valence-corrected chi connectivity index (χ0v) is 17.5. The predicted molar refractivity (Wildman–Crippen MR) is 104 cm³/mol. The predicted octanol–water partition coefficient (Wildman–Crippen LogP) is 3.61. The van der Waals surface area contributed by atoms with E-state index in [1.165, 1.54) is 11.0 Å². The molecule has 2 aromatic rings. The van der Waals surface area contributed by atoms with Crippen LogP contribution in [0.5, 0.6) is 0 Å². The Morgan fingerprint density at radius 1 is 0.968 bits per heavy atom. The second kappa shape index (κ2) is 9.13. The van der Waals surface area contributed by atoms with Crippen molar-refractivity contribution in [3.8, 4) is 0 Å². The molecule has 2 aromatic carbocycles. The Morgan fingerprint density at radius 2 is 1.58 bits per heavy atom. The van der Waals surface area contributed by atoms with Crippen molar-refractivity contribution in [2.24, 2.45) is 0 Å². The van der Waals surface area contributed by atoms with Crippen LogP contribution in [0.15, 0.2) is 52.3 Å². The van der Waals surface area contributed by atoms with E-state index < -0.39 is 33.4 Å². The number of sulfonamides is 1. The number of hydrogen-bond donors (Lipinski definition) is 0. The minimum Gasteiger partial charge on any atom is -0.339 e. The lowest BCUT2D eigenvalue weighted by Gasteiger charge is -2.34. The number of benzene rings is 2. The molecular weight excluding hydrogens is 463 g/mol. The first kappa shape index (κ1) is 23.5. The van der Waals surface area contributed by atoms with E-state index in [0.29, 0.717) is 12.1 Å². The largest absolute Gasteiger partial charge is 0.416 e. The van der Waals surface area contributed by atoms with E-state index in [0.717, 1.165) is 40.3 Å². The van der Waals surface area contributed by atoms with Crippen LogP contribution in [0.4, 0.5) is 22.0 Å². The number of amides is 1. The van der Waals surface area contributed by atoms with Gasteiger partial charge >= 0.3 is 6.18 Å². The van der Waals surface area contributed by atoms with Crippen molar-refractivity contribution in [3.63, 3.8) is 0 Å². The van der Waals surface area contributed by atoms with Crippen molar-refractivity contribution in [2.75, 3.05) is 31.9 Å². The standard InChI is InChI=1S/C19H17F5N2O3S2/c20-14-3-6-17(16(21)11-14)30-12-18(27)25-7-9-26(10-8-25)31(28,29)15-4-1-13(2-5-15)19(22,23)24/h1-6,11H,7-10,12H2. The quantitative estimate of drug-likeness (QED) is 0.485. The molecule has 0 unspecified atom stereocenters. The molecule has 1 amide bonds. The van der Waals surface area contributed by atoms with Crippen molar-refractivity contribution in [2.45, 2.75) is 16.0 Å². The first-order valence-electron chi connectivity index (χ1n) is 9.01. The van der Waals surface area contributed by atoms with Crippen LogP contribution in [0, 0.1) is 11.6 Å². The number of hydrogen-bond acceptors (Lipinski definition) is 4. The maximum absolute atomic E-state index is 13.7. The highest BCUT2D eigenvalue weighted by Crippen LogP contribution is 2.30. The summed E-state index contributed by atoms with van der Waals surface area (Å²) in [7, 11) is -4.00. The molecule has 0 N–H and O–H groups in total. The summed E-state index contributed by atoms with van der Waals surface area (Å²) in [6.45, 7) is 0.131. The van der Waals surface area contributed by atoms with Gasteiger partial charge in [-0.15, -0.1) is 11.8 Å². The van der Waals surface area contributed by atoms with Gasteiger partial charge < -0.3 is 4.90 Å². The number of rotatable bonds is 5. The van der Waals surface area contributed by atoms with Crippen LogP contribution in [0.1, 0.15) is 5.56 Å². The fourth-order valence-corrected chi connectivity index (χ4v) is 5.21. The Bertz CT molecular complexity index is 1050. The third-order valence-corrected chi connectivity index (χ3v) is 7.60. The van der Waals surface area contributed by atoms with E-state index in [1.807, 2.05) is 0 Å². The van der Waals surface area contributed by atoms with E-state index in [1.54, 1.807) is 0 Å². The Kier molecular flexibility index (Phi) is 6.92. The lowest BCUT2D eigenvalue weighted by atomic mass is 10.2. The SMILES string of the molecule is O=C(CSc1ccc(F)cc1F)N1CCN(S(=O)(=O)c2ccc(C(F)(F)F)cc2)CC1. The van der Waals surface area contributed by atoms with Crippen molar-refractivity contribution in [1.82, 2.24) is 9.21 Å². The lowest BCUT2D eigenvalue weighted by molar-refractivity contribution is -0.137. The summed E-state index contributed by atoms with van der Waals surface area (Å²) in [5.74, 6) is -1.93. The molecule has 1 fully saturated rings. The Morgan fingerprint density at radius 3 is 2.13 bits per heavy atom. The molecule has 168 valence electrons. The van der Waals surface area contributed by atoms with Gasteiger partial charge in [0.25, 0.3) is 0 Å². The number of carbonyl (C=O) groups is 1. The van der Waals surface area contributed by atoms with Crippen LogP contribution in [-0.4, -0.2) is 55.5 Å². The molecule has 1 aliphatic heterocycles. The van der Waals surface area contributed by atoms with Gasteiger partial charge in [-0.25, -0.2) is 17.2 Å². The van der Waals surface area contributed by atoms with Gasteiger partial charge in [0, 0.05) is 37.1 Å². The topological polar surface area (TPSA) is 57.7 Å². The zero-order chi connectivity index (χ0) is 22.8. The second-order valence-corrected chi connectivity index (χ2v) is 9.63. The molecule has 1 saturated heterocycles. The molecule has 3 rings (SSSR count). The smallest absolute Gasteiger partial charge is 0.339 e. The van der Waals surface area contributed by atoms with Gasteiger partial charge in [-0.1, -0.05) is 0 Å². The second-order valence-electron chi connectivity index (χ2n) is 6.67. The molecule has 1 heterocycles. The number of piperazine rings is 1. The Hall–Kier alpha value is -2.18. The Labute approximate surface area is 179 Å². The summed E-state index contributed by atoms with van der Waals surface area (Å²) in [6.07, 6.45) is -4.57. The van der Waals surface area contributed by atoms with Crippen LogP contribution in [-0.2, 0) is 21.0 Å². The minimum absolute atomic E-state index is 0.0231. The number of nitrogens with zero attached hydrogens (tertiary/aromatic N) is 2.